The Morgan fingerprint density at radius 2 is 1.93 bits per heavy atom. The van der Waals surface area contributed by atoms with Crippen LogP contribution in [0.5, 0.6) is 0 Å². The zero-order valence-electron chi connectivity index (χ0n) is 10.4. The summed E-state index contributed by atoms with van der Waals surface area (Å²) in [5.74, 6) is 0. The molecule has 0 bridgehead atoms. The molecule has 3 heteroatoms. The fourth-order valence-corrected chi connectivity index (χ4v) is 1.47. The summed E-state index contributed by atoms with van der Waals surface area (Å²) in [6.07, 6.45) is 1.17. The normalized spacial score (nSPS) is 19.4. The maximum atomic E-state index is 5.71. The van der Waals surface area contributed by atoms with E-state index >= 15 is 0 Å². The summed E-state index contributed by atoms with van der Waals surface area (Å²) >= 11 is 0. The summed E-state index contributed by atoms with van der Waals surface area (Å²) in [7, 11) is 0. The topological polar surface area (TPSA) is 21.7 Å². The fraction of sp³-hybridized carbons (Fsp3) is 1.00. The Balaban J connectivity index is 2.00. The molecule has 3 nitrogen and oxygen atoms in total. The van der Waals surface area contributed by atoms with Gasteiger partial charge in [-0.1, -0.05) is 20.8 Å². The van der Waals surface area contributed by atoms with Gasteiger partial charge in [-0.25, -0.2) is 0 Å². The van der Waals surface area contributed by atoms with Crippen molar-refractivity contribution in [3.8, 4) is 0 Å². The van der Waals surface area contributed by atoms with Crippen molar-refractivity contribution in [1.82, 2.24) is 4.90 Å². The predicted molar refractivity (Wildman–Crippen MR) is 62.2 cm³/mol. The third kappa shape index (κ3) is 5.50. The molecule has 0 saturated carbocycles. The van der Waals surface area contributed by atoms with Crippen LogP contribution in [0.2, 0.25) is 0 Å². The number of morpholine rings is 1. The SMILES string of the molecule is CCC(C)(C)COCCN1CCOCC1. The second-order valence-corrected chi connectivity index (χ2v) is 5.02. The van der Waals surface area contributed by atoms with E-state index in [-0.39, 0.29) is 0 Å². The Morgan fingerprint density at radius 1 is 1.27 bits per heavy atom. The minimum atomic E-state index is 0.324. The molecule has 0 radical (unpaired) electrons. The lowest BCUT2D eigenvalue weighted by molar-refractivity contribution is 0.00699. The van der Waals surface area contributed by atoms with E-state index in [1.807, 2.05) is 0 Å². The Labute approximate surface area is 93.7 Å². The van der Waals surface area contributed by atoms with Crippen LogP contribution in [-0.2, 0) is 9.47 Å². The molecule has 1 fully saturated rings. The van der Waals surface area contributed by atoms with Gasteiger partial charge in [0, 0.05) is 19.6 Å². The Morgan fingerprint density at radius 3 is 2.53 bits per heavy atom. The van der Waals surface area contributed by atoms with E-state index in [0.717, 1.165) is 46.1 Å². The summed E-state index contributed by atoms with van der Waals surface area (Å²) in [5, 5.41) is 0. The first kappa shape index (κ1) is 12.9. The van der Waals surface area contributed by atoms with Gasteiger partial charge in [-0.3, -0.25) is 4.90 Å². The molecule has 1 aliphatic heterocycles. The van der Waals surface area contributed by atoms with Crippen molar-refractivity contribution < 1.29 is 9.47 Å². The van der Waals surface area contributed by atoms with Crippen LogP contribution in [0, 0.1) is 5.41 Å². The molecule has 15 heavy (non-hydrogen) atoms. The molecule has 0 spiro atoms. The molecule has 1 aliphatic rings. The van der Waals surface area contributed by atoms with Crippen LogP contribution < -0.4 is 0 Å². The Bertz CT molecular complexity index is 165. The van der Waals surface area contributed by atoms with Crippen molar-refractivity contribution in [2.24, 2.45) is 5.41 Å². The monoisotopic (exact) mass is 215 g/mol. The fourth-order valence-electron chi connectivity index (χ4n) is 1.47. The first-order chi connectivity index (χ1) is 7.14. The molecule has 90 valence electrons. The van der Waals surface area contributed by atoms with Crippen LogP contribution in [0.3, 0.4) is 0 Å². The average Bonchev–Trinajstić information content (AvgIpc) is 2.26. The molecule has 0 N–H and O–H groups in total. The van der Waals surface area contributed by atoms with Gasteiger partial charge in [-0.05, 0) is 11.8 Å². The van der Waals surface area contributed by atoms with Crippen molar-refractivity contribution in [3.05, 3.63) is 0 Å². The number of hydrogen-bond acceptors (Lipinski definition) is 3. The van der Waals surface area contributed by atoms with E-state index in [0.29, 0.717) is 5.41 Å². The van der Waals surface area contributed by atoms with Gasteiger partial charge in [0.05, 0.1) is 26.4 Å². The van der Waals surface area contributed by atoms with Crippen molar-refractivity contribution in [2.45, 2.75) is 27.2 Å². The minimum Gasteiger partial charge on any atom is -0.380 e. The number of nitrogens with zero attached hydrogens (tertiary/aromatic N) is 1. The Kier molecular flexibility index (Phi) is 5.58. The van der Waals surface area contributed by atoms with Crippen molar-refractivity contribution in [1.29, 1.82) is 0 Å². The van der Waals surface area contributed by atoms with Gasteiger partial charge in [-0.2, -0.15) is 0 Å². The summed E-state index contributed by atoms with van der Waals surface area (Å²) in [6.45, 7) is 13.3. The summed E-state index contributed by atoms with van der Waals surface area (Å²) in [4.78, 5) is 2.41. The van der Waals surface area contributed by atoms with Gasteiger partial charge in [0.25, 0.3) is 0 Å². The van der Waals surface area contributed by atoms with Crippen LogP contribution in [0.1, 0.15) is 27.2 Å². The van der Waals surface area contributed by atoms with Crippen molar-refractivity contribution in [2.75, 3.05) is 46.1 Å². The molecule has 0 amide bonds. The van der Waals surface area contributed by atoms with E-state index < -0.39 is 0 Å². The van der Waals surface area contributed by atoms with Crippen LogP contribution in [0.15, 0.2) is 0 Å². The van der Waals surface area contributed by atoms with Crippen molar-refractivity contribution in [3.63, 3.8) is 0 Å². The van der Waals surface area contributed by atoms with Crippen LogP contribution in [0.25, 0.3) is 0 Å². The molecule has 0 aromatic carbocycles. The summed E-state index contributed by atoms with van der Waals surface area (Å²) in [6, 6.07) is 0. The van der Waals surface area contributed by atoms with Crippen molar-refractivity contribution >= 4 is 0 Å². The van der Waals surface area contributed by atoms with E-state index in [9.17, 15) is 0 Å². The lowest BCUT2D eigenvalue weighted by atomic mass is 9.92. The molecular weight excluding hydrogens is 190 g/mol. The average molecular weight is 215 g/mol. The molecule has 1 saturated heterocycles. The first-order valence-corrected chi connectivity index (χ1v) is 6.02. The highest BCUT2D eigenvalue weighted by Crippen LogP contribution is 2.19. The highest BCUT2D eigenvalue weighted by molar-refractivity contribution is 4.65. The highest BCUT2D eigenvalue weighted by atomic mass is 16.5. The van der Waals surface area contributed by atoms with Gasteiger partial charge < -0.3 is 9.47 Å². The second-order valence-electron chi connectivity index (χ2n) is 5.02. The number of ether oxygens (including phenoxy) is 2. The quantitative estimate of drug-likeness (QED) is 0.630. The van der Waals surface area contributed by atoms with Crippen LogP contribution >= 0.6 is 0 Å². The molecular formula is C12H25NO2. The number of hydrogen-bond donors (Lipinski definition) is 0. The lowest BCUT2D eigenvalue weighted by Crippen LogP contribution is -2.38. The summed E-state index contributed by atoms with van der Waals surface area (Å²) < 4.78 is 11.0. The second kappa shape index (κ2) is 6.46. The number of rotatable bonds is 6. The van der Waals surface area contributed by atoms with Gasteiger partial charge in [0.15, 0.2) is 0 Å². The molecule has 0 aliphatic carbocycles. The Hall–Kier alpha value is -0.120. The molecule has 1 rings (SSSR count). The van der Waals surface area contributed by atoms with E-state index in [1.165, 1.54) is 6.42 Å². The highest BCUT2D eigenvalue weighted by Gasteiger charge is 2.15. The van der Waals surface area contributed by atoms with Crippen LogP contribution in [-0.4, -0.2) is 51.0 Å². The smallest absolute Gasteiger partial charge is 0.0594 e. The van der Waals surface area contributed by atoms with Gasteiger partial charge in [0.1, 0.15) is 0 Å². The lowest BCUT2D eigenvalue weighted by Gasteiger charge is -2.27. The van der Waals surface area contributed by atoms with Gasteiger partial charge in [0.2, 0.25) is 0 Å². The van der Waals surface area contributed by atoms with Gasteiger partial charge >= 0.3 is 0 Å². The van der Waals surface area contributed by atoms with Crippen LogP contribution in [0.4, 0.5) is 0 Å². The zero-order chi connectivity index (χ0) is 11.1. The third-order valence-electron chi connectivity index (χ3n) is 3.11. The van der Waals surface area contributed by atoms with E-state index in [2.05, 4.69) is 25.7 Å². The van der Waals surface area contributed by atoms with E-state index in [4.69, 9.17) is 9.47 Å². The molecule has 0 aromatic heterocycles. The minimum absolute atomic E-state index is 0.324. The summed E-state index contributed by atoms with van der Waals surface area (Å²) in [5.41, 5.74) is 0.324. The maximum Gasteiger partial charge on any atom is 0.0594 e. The predicted octanol–water partition coefficient (Wildman–Crippen LogP) is 1.77. The van der Waals surface area contributed by atoms with E-state index in [1.54, 1.807) is 0 Å². The zero-order valence-corrected chi connectivity index (χ0v) is 10.4. The molecule has 1 heterocycles. The molecule has 0 atom stereocenters. The first-order valence-electron chi connectivity index (χ1n) is 6.02. The third-order valence-corrected chi connectivity index (χ3v) is 3.11. The molecule has 0 aromatic rings. The molecule has 0 unspecified atom stereocenters. The maximum absolute atomic E-state index is 5.71. The largest absolute Gasteiger partial charge is 0.380 e. The standard InChI is InChI=1S/C12H25NO2/c1-4-12(2,3)11-15-10-7-13-5-8-14-9-6-13/h4-11H2,1-3H3. The van der Waals surface area contributed by atoms with Gasteiger partial charge in [-0.15, -0.1) is 0 Å².